The molecule has 37 heavy (non-hydrogen) atoms. The lowest BCUT2D eigenvalue weighted by molar-refractivity contribution is -0.123. The second-order valence-corrected chi connectivity index (χ2v) is 9.49. The third-order valence-electron chi connectivity index (χ3n) is 6.56. The molecule has 8 heteroatoms. The van der Waals surface area contributed by atoms with Gasteiger partial charge in [-0.2, -0.15) is 0 Å². The van der Waals surface area contributed by atoms with Crippen LogP contribution in [0, 0.1) is 0 Å². The minimum Gasteiger partial charge on any atom is -0.487 e. The van der Waals surface area contributed by atoms with Crippen LogP contribution in [-0.4, -0.2) is 50.3 Å². The molecular formula is C29H36N4O4. The Balaban J connectivity index is 1.36. The van der Waals surface area contributed by atoms with E-state index < -0.39 is 0 Å². The van der Waals surface area contributed by atoms with E-state index in [-0.39, 0.29) is 24.0 Å². The summed E-state index contributed by atoms with van der Waals surface area (Å²) in [5, 5.41) is 6.06. The molecule has 1 atom stereocenters. The van der Waals surface area contributed by atoms with Crippen LogP contribution in [0.1, 0.15) is 42.3 Å². The number of nitrogens with two attached hydrogens (primary N) is 1. The molecule has 0 saturated carbocycles. The molecule has 1 aliphatic rings. The molecule has 1 amide bonds. The predicted molar refractivity (Wildman–Crippen MR) is 143 cm³/mol. The molecule has 1 aromatic heterocycles. The van der Waals surface area contributed by atoms with Gasteiger partial charge in [0.1, 0.15) is 18.1 Å². The standard InChI is InChI=1S/C29H36N4O4/c1-29(2,22-7-11-24(12-8-22)37-20-28(34)33-15-13-30)21-5-9-23(10-6-21)36-19-26-25(4-3-14-32-26)27-18-31-16-17-35-27/h3-12,14,27,31H,13,15-20,30H2,1-2H3,(H,33,34). The van der Waals surface area contributed by atoms with Crippen molar-refractivity contribution in [2.24, 2.45) is 5.73 Å². The predicted octanol–water partition coefficient (Wildman–Crippen LogP) is 3.10. The lowest BCUT2D eigenvalue weighted by Gasteiger charge is -2.27. The maximum atomic E-state index is 11.7. The molecule has 1 aliphatic heterocycles. The van der Waals surface area contributed by atoms with Gasteiger partial charge in [-0.15, -0.1) is 0 Å². The van der Waals surface area contributed by atoms with Crippen molar-refractivity contribution in [1.82, 2.24) is 15.6 Å². The van der Waals surface area contributed by atoms with E-state index in [0.29, 0.717) is 32.1 Å². The fourth-order valence-electron chi connectivity index (χ4n) is 4.29. The largest absolute Gasteiger partial charge is 0.487 e. The zero-order chi connectivity index (χ0) is 26.1. The van der Waals surface area contributed by atoms with E-state index in [1.54, 1.807) is 6.20 Å². The molecule has 196 valence electrons. The summed E-state index contributed by atoms with van der Waals surface area (Å²) in [5.41, 5.74) is 9.43. The quantitative estimate of drug-likeness (QED) is 0.368. The van der Waals surface area contributed by atoms with E-state index in [4.69, 9.17) is 19.9 Å². The Hall–Kier alpha value is -3.46. The minimum atomic E-state index is -0.227. The normalized spacial score (nSPS) is 15.7. The van der Waals surface area contributed by atoms with Crippen LogP contribution in [0.25, 0.3) is 0 Å². The summed E-state index contributed by atoms with van der Waals surface area (Å²) < 4.78 is 17.6. The number of amides is 1. The second kappa shape index (κ2) is 12.7. The second-order valence-electron chi connectivity index (χ2n) is 9.49. The molecule has 1 unspecified atom stereocenters. The van der Waals surface area contributed by atoms with E-state index in [1.165, 1.54) is 0 Å². The molecule has 3 aromatic rings. The van der Waals surface area contributed by atoms with Gasteiger partial charge in [-0.25, -0.2) is 0 Å². The first-order valence-electron chi connectivity index (χ1n) is 12.7. The summed E-state index contributed by atoms with van der Waals surface area (Å²) in [6.45, 7) is 7.89. The molecule has 1 fully saturated rings. The van der Waals surface area contributed by atoms with Crippen molar-refractivity contribution in [3.05, 3.63) is 89.2 Å². The van der Waals surface area contributed by atoms with Gasteiger partial charge in [0.05, 0.1) is 18.4 Å². The van der Waals surface area contributed by atoms with E-state index in [1.807, 2.05) is 42.5 Å². The van der Waals surface area contributed by atoms with Crippen LogP contribution in [0.4, 0.5) is 0 Å². The van der Waals surface area contributed by atoms with Crippen molar-refractivity contribution in [2.45, 2.75) is 32.0 Å². The van der Waals surface area contributed by atoms with Crippen molar-refractivity contribution in [3.63, 3.8) is 0 Å². The first kappa shape index (κ1) is 26.6. The van der Waals surface area contributed by atoms with Gasteiger partial charge in [-0.3, -0.25) is 9.78 Å². The molecule has 2 aromatic carbocycles. The zero-order valence-corrected chi connectivity index (χ0v) is 21.5. The first-order valence-corrected chi connectivity index (χ1v) is 12.7. The van der Waals surface area contributed by atoms with Gasteiger partial charge in [-0.1, -0.05) is 44.2 Å². The van der Waals surface area contributed by atoms with Crippen molar-refractivity contribution < 1.29 is 19.0 Å². The number of pyridine rings is 1. The Morgan fingerprint density at radius 1 is 1.08 bits per heavy atom. The summed E-state index contributed by atoms with van der Waals surface area (Å²) in [4.78, 5) is 16.3. The molecular weight excluding hydrogens is 468 g/mol. The molecule has 4 rings (SSSR count). The van der Waals surface area contributed by atoms with E-state index >= 15 is 0 Å². The van der Waals surface area contributed by atoms with Gasteiger partial charge in [0.2, 0.25) is 0 Å². The fourth-order valence-corrected chi connectivity index (χ4v) is 4.29. The average molecular weight is 505 g/mol. The molecule has 4 N–H and O–H groups in total. The van der Waals surface area contributed by atoms with E-state index in [2.05, 4.69) is 47.7 Å². The summed E-state index contributed by atoms with van der Waals surface area (Å²) >= 11 is 0. The van der Waals surface area contributed by atoms with Gasteiger partial charge in [0.25, 0.3) is 5.91 Å². The van der Waals surface area contributed by atoms with Crippen LogP contribution < -0.4 is 25.8 Å². The van der Waals surface area contributed by atoms with Crippen molar-refractivity contribution >= 4 is 5.91 Å². The SMILES string of the molecule is CC(C)(c1ccc(OCC(=O)NCCN)cc1)c1ccc(OCc2ncccc2C2CNCCO2)cc1. The number of benzene rings is 2. The average Bonchev–Trinajstić information content (AvgIpc) is 2.95. The third kappa shape index (κ3) is 7.07. The maximum Gasteiger partial charge on any atom is 0.257 e. The summed E-state index contributed by atoms with van der Waals surface area (Å²) in [7, 11) is 0. The molecule has 0 radical (unpaired) electrons. The van der Waals surface area contributed by atoms with Gasteiger partial charge in [0.15, 0.2) is 6.61 Å². The van der Waals surface area contributed by atoms with Crippen LogP contribution in [0.3, 0.4) is 0 Å². The highest BCUT2D eigenvalue weighted by Crippen LogP contribution is 2.33. The molecule has 8 nitrogen and oxygen atoms in total. The maximum absolute atomic E-state index is 11.7. The highest BCUT2D eigenvalue weighted by Gasteiger charge is 2.23. The Morgan fingerprint density at radius 3 is 2.38 bits per heavy atom. The van der Waals surface area contributed by atoms with Crippen molar-refractivity contribution in [2.75, 3.05) is 39.4 Å². The molecule has 2 heterocycles. The first-order chi connectivity index (χ1) is 18.0. The highest BCUT2D eigenvalue weighted by atomic mass is 16.5. The smallest absolute Gasteiger partial charge is 0.257 e. The Bertz CT molecular complexity index is 1140. The number of hydrogen-bond donors (Lipinski definition) is 3. The van der Waals surface area contributed by atoms with Crippen LogP contribution in [0.15, 0.2) is 66.9 Å². The number of nitrogens with zero attached hydrogens (tertiary/aromatic N) is 1. The van der Waals surface area contributed by atoms with Gasteiger partial charge >= 0.3 is 0 Å². The van der Waals surface area contributed by atoms with Crippen molar-refractivity contribution in [1.29, 1.82) is 0 Å². The molecule has 0 spiro atoms. The number of rotatable bonds is 11. The fraction of sp³-hybridized carbons (Fsp3) is 0.379. The third-order valence-corrected chi connectivity index (χ3v) is 6.56. The number of nitrogens with one attached hydrogen (secondary N) is 2. The number of ether oxygens (including phenoxy) is 3. The number of morpholine rings is 1. The zero-order valence-electron chi connectivity index (χ0n) is 21.5. The molecule has 1 saturated heterocycles. The van der Waals surface area contributed by atoms with Crippen LogP contribution >= 0.6 is 0 Å². The van der Waals surface area contributed by atoms with Crippen molar-refractivity contribution in [3.8, 4) is 11.5 Å². The lowest BCUT2D eigenvalue weighted by atomic mass is 9.78. The Labute approximate surface area is 218 Å². The van der Waals surface area contributed by atoms with Crippen LogP contribution in [0.5, 0.6) is 11.5 Å². The monoisotopic (exact) mass is 504 g/mol. The number of aromatic nitrogens is 1. The van der Waals surface area contributed by atoms with Gasteiger partial charge in [0, 0.05) is 43.4 Å². The Kier molecular flexibility index (Phi) is 9.11. The van der Waals surface area contributed by atoms with Crippen LogP contribution in [-0.2, 0) is 21.6 Å². The Morgan fingerprint density at radius 2 is 1.76 bits per heavy atom. The van der Waals surface area contributed by atoms with Crippen LogP contribution in [0.2, 0.25) is 0 Å². The summed E-state index contributed by atoms with van der Waals surface area (Å²) in [6.07, 6.45) is 1.78. The van der Waals surface area contributed by atoms with E-state index in [9.17, 15) is 4.79 Å². The molecule has 0 bridgehead atoms. The van der Waals surface area contributed by atoms with Gasteiger partial charge in [-0.05, 0) is 41.5 Å². The topological polar surface area (TPSA) is 108 Å². The highest BCUT2D eigenvalue weighted by molar-refractivity contribution is 5.77. The summed E-state index contributed by atoms with van der Waals surface area (Å²) in [6, 6.07) is 20.0. The lowest BCUT2D eigenvalue weighted by Crippen LogP contribution is -2.34. The van der Waals surface area contributed by atoms with Gasteiger partial charge < -0.3 is 30.6 Å². The molecule has 0 aliphatic carbocycles. The number of carbonyl (C=O) groups is 1. The minimum absolute atomic E-state index is 0.00525. The van der Waals surface area contributed by atoms with E-state index in [0.717, 1.165) is 41.2 Å². The number of hydrogen-bond acceptors (Lipinski definition) is 7. The number of carbonyl (C=O) groups excluding carboxylic acids is 1. The summed E-state index contributed by atoms with van der Waals surface area (Å²) in [5.74, 6) is 1.25.